The molecule has 0 radical (unpaired) electrons. The summed E-state index contributed by atoms with van der Waals surface area (Å²) in [4.78, 5) is 22.6. The van der Waals surface area contributed by atoms with Gasteiger partial charge in [-0.1, -0.05) is 0 Å². The van der Waals surface area contributed by atoms with Crippen molar-refractivity contribution in [2.75, 3.05) is 24.1 Å². The van der Waals surface area contributed by atoms with Crippen molar-refractivity contribution in [3.63, 3.8) is 0 Å². The van der Waals surface area contributed by atoms with Crippen molar-refractivity contribution < 1.29 is 14.3 Å². The first-order valence-electron chi connectivity index (χ1n) is 6.71. The van der Waals surface area contributed by atoms with E-state index in [4.69, 9.17) is 33.7 Å². The maximum atomic E-state index is 11.3. The minimum atomic E-state index is -0.288. The molecule has 4 N–H and O–H groups in total. The molecular weight excluding hydrogens is 365 g/mol. The average molecular weight is 385 g/mol. The van der Waals surface area contributed by atoms with Crippen LogP contribution in [0.1, 0.15) is 18.1 Å². The van der Waals surface area contributed by atoms with Crippen LogP contribution in [0.15, 0.2) is 12.1 Å². The van der Waals surface area contributed by atoms with Crippen LogP contribution in [0.25, 0.3) is 0 Å². The third-order valence-corrected chi connectivity index (χ3v) is 3.23. The molecule has 2 amide bonds. The van der Waals surface area contributed by atoms with E-state index < -0.39 is 0 Å². The van der Waals surface area contributed by atoms with E-state index in [9.17, 15) is 9.59 Å². The maximum absolute atomic E-state index is 11.3. The van der Waals surface area contributed by atoms with Gasteiger partial charge in [-0.3, -0.25) is 9.59 Å². The van der Waals surface area contributed by atoms with Crippen molar-refractivity contribution in [3.05, 3.63) is 23.3 Å². The molecule has 0 aliphatic heterocycles. The molecule has 23 heavy (non-hydrogen) atoms. The third kappa shape index (κ3) is 7.16. The molecule has 0 heterocycles. The van der Waals surface area contributed by atoms with Crippen molar-refractivity contribution in [2.24, 2.45) is 0 Å². The molecule has 0 saturated heterocycles. The molecule has 6 nitrogen and oxygen atoms in total. The van der Waals surface area contributed by atoms with Crippen molar-refractivity contribution >= 4 is 53.1 Å². The number of benzene rings is 1. The van der Waals surface area contributed by atoms with Gasteiger partial charge < -0.3 is 21.1 Å². The number of ether oxygens (including phenoxy) is 1. The van der Waals surface area contributed by atoms with Crippen LogP contribution in [0.4, 0.5) is 5.69 Å². The Kier molecular flexibility index (Phi) is 10.5. The smallest absolute Gasteiger partial charge is 0.235 e. The number of carbonyl (C=O) groups excluding carboxylic acids is 2. The standard InChI is InChI=1S/C14H19Cl2N3O3.ClH/c1-2-22-14-9(7-18-12(20)5-15)3-11(17)4-10(14)8-19-13(21)6-16;/h3-4H,2,5-8,17H2,1H3,(H,18,20)(H,19,21);1H. The zero-order chi connectivity index (χ0) is 16.5. The van der Waals surface area contributed by atoms with Crippen molar-refractivity contribution in [1.29, 1.82) is 0 Å². The molecule has 0 fully saturated rings. The fraction of sp³-hybridized carbons (Fsp3) is 0.429. The minimum Gasteiger partial charge on any atom is -0.493 e. The monoisotopic (exact) mass is 383 g/mol. The van der Waals surface area contributed by atoms with Crippen LogP contribution in [0, 0.1) is 0 Å². The Balaban J connectivity index is 0.00000484. The summed E-state index contributed by atoms with van der Waals surface area (Å²) >= 11 is 10.9. The summed E-state index contributed by atoms with van der Waals surface area (Å²) in [5.41, 5.74) is 7.81. The summed E-state index contributed by atoms with van der Waals surface area (Å²) in [5, 5.41) is 5.33. The number of carbonyl (C=O) groups is 2. The highest BCUT2D eigenvalue weighted by Crippen LogP contribution is 2.27. The molecule has 0 aliphatic carbocycles. The number of halogens is 3. The highest BCUT2D eigenvalue weighted by atomic mass is 35.5. The second kappa shape index (κ2) is 11.2. The van der Waals surface area contributed by atoms with Crippen LogP contribution in [-0.2, 0) is 22.7 Å². The van der Waals surface area contributed by atoms with E-state index in [2.05, 4.69) is 10.6 Å². The van der Waals surface area contributed by atoms with Crippen molar-refractivity contribution in [2.45, 2.75) is 20.0 Å². The van der Waals surface area contributed by atoms with Gasteiger partial charge in [-0.05, 0) is 19.1 Å². The van der Waals surface area contributed by atoms with Gasteiger partial charge in [0, 0.05) is 29.9 Å². The number of hydrogen-bond donors (Lipinski definition) is 3. The van der Waals surface area contributed by atoms with Gasteiger partial charge in [0.05, 0.1) is 6.61 Å². The SMILES string of the molecule is CCOc1c(CNC(=O)CCl)cc(N)cc1CNC(=O)CCl.Cl. The van der Waals surface area contributed by atoms with E-state index >= 15 is 0 Å². The van der Waals surface area contributed by atoms with Crippen LogP contribution >= 0.6 is 35.6 Å². The summed E-state index contributed by atoms with van der Waals surface area (Å²) in [7, 11) is 0. The molecule has 130 valence electrons. The highest BCUT2D eigenvalue weighted by molar-refractivity contribution is 6.27. The third-order valence-electron chi connectivity index (χ3n) is 2.75. The molecule has 0 aromatic heterocycles. The number of nitrogens with two attached hydrogens (primary N) is 1. The number of amides is 2. The van der Waals surface area contributed by atoms with Gasteiger partial charge in [-0.25, -0.2) is 0 Å². The molecule has 0 unspecified atom stereocenters. The van der Waals surface area contributed by atoms with E-state index in [1.165, 1.54) is 0 Å². The van der Waals surface area contributed by atoms with Gasteiger partial charge in [0.15, 0.2) is 0 Å². The van der Waals surface area contributed by atoms with E-state index in [0.717, 1.165) is 11.1 Å². The lowest BCUT2D eigenvalue weighted by atomic mass is 10.1. The quantitative estimate of drug-likeness (QED) is 0.470. The Hall–Kier alpha value is -1.37. The molecule has 9 heteroatoms. The molecule has 1 aromatic carbocycles. The zero-order valence-electron chi connectivity index (χ0n) is 12.7. The molecule has 1 aromatic rings. The van der Waals surface area contributed by atoms with Gasteiger partial charge >= 0.3 is 0 Å². The number of hydrogen-bond acceptors (Lipinski definition) is 4. The van der Waals surface area contributed by atoms with Crippen LogP contribution in [0.5, 0.6) is 5.75 Å². The average Bonchev–Trinajstić information content (AvgIpc) is 2.52. The fourth-order valence-corrected chi connectivity index (χ4v) is 2.04. The molecule has 0 aliphatic rings. The molecular formula is C14H20Cl3N3O3. The molecule has 1 rings (SSSR count). The van der Waals surface area contributed by atoms with Crippen LogP contribution in [-0.4, -0.2) is 30.2 Å². The summed E-state index contributed by atoms with van der Waals surface area (Å²) < 4.78 is 5.63. The van der Waals surface area contributed by atoms with Crippen molar-refractivity contribution in [3.8, 4) is 5.75 Å². The predicted octanol–water partition coefficient (Wildman–Crippen LogP) is 1.80. The van der Waals surface area contributed by atoms with Gasteiger partial charge in [0.2, 0.25) is 11.8 Å². The number of nitrogens with one attached hydrogen (secondary N) is 2. The topological polar surface area (TPSA) is 93.4 Å². The first-order chi connectivity index (χ1) is 10.5. The molecule has 0 saturated carbocycles. The fourth-order valence-electron chi connectivity index (χ4n) is 1.86. The van der Waals surface area contributed by atoms with Gasteiger partial charge in [0.1, 0.15) is 17.5 Å². The van der Waals surface area contributed by atoms with E-state index in [1.54, 1.807) is 12.1 Å². The largest absolute Gasteiger partial charge is 0.493 e. The predicted molar refractivity (Wildman–Crippen MR) is 94.4 cm³/mol. The van der Waals surface area contributed by atoms with E-state index in [0.29, 0.717) is 18.0 Å². The Labute approximate surface area is 151 Å². The minimum absolute atomic E-state index is 0. The Morgan fingerprint density at radius 3 is 1.87 bits per heavy atom. The van der Waals surface area contributed by atoms with Crippen LogP contribution < -0.4 is 21.1 Å². The lowest BCUT2D eigenvalue weighted by molar-refractivity contribution is -0.119. The molecule has 0 bridgehead atoms. The maximum Gasteiger partial charge on any atom is 0.235 e. The second-order valence-corrected chi connectivity index (χ2v) is 4.96. The summed E-state index contributed by atoms with van der Waals surface area (Å²) in [6.07, 6.45) is 0. The van der Waals surface area contributed by atoms with Crippen LogP contribution in [0.3, 0.4) is 0 Å². The number of alkyl halides is 2. The highest BCUT2D eigenvalue weighted by Gasteiger charge is 2.13. The summed E-state index contributed by atoms with van der Waals surface area (Å²) in [6.45, 7) is 2.76. The number of rotatable bonds is 8. The summed E-state index contributed by atoms with van der Waals surface area (Å²) in [5.74, 6) is -0.232. The Morgan fingerprint density at radius 1 is 1.09 bits per heavy atom. The zero-order valence-corrected chi connectivity index (χ0v) is 15.0. The van der Waals surface area contributed by atoms with Gasteiger partial charge in [-0.15, -0.1) is 35.6 Å². The lowest BCUT2D eigenvalue weighted by Gasteiger charge is -2.17. The number of anilines is 1. The summed E-state index contributed by atoms with van der Waals surface area (Å²) in [6, 6.07) is 3.43. The normalized spacial score (nSPS) is 9.70. The van der Waals surface area contributed by atoms with Gasteiger partial charge in [0.25, 0.3) is 0 Å². The lowest BCUT2D eigenvalue weighted by Crippen LogP contribution is -2.26. The first-order valence-corrected chi connectivity index (χ1v) is 7.78. The van der Waals surface area contributed by atoms with Crippen LogP contribution in [0.2, 0.25) is 0 Å². The van der Waals surface area contributed by atoms with Gasteiger partial charge in [-0.2, -0.15) is 0 Å². The molecule has 0 atom stereocenters. The number of nitrogen functional groups attached to an aromatic ring is 1. The van der Waals surface area contributed by atoms with E-state index in [-0.39, 0.29) is 49.1 Å². The van der Waals surface area contributed by atoms with E-state index in [1.807, 2.05) is 6.92 Å². The second-order valence-electron chi connectivity index (χ2n) is 4.42. The first kappa shape index (κ1) is 21.6. The Bertz CT molecular complexity index is 500. The molecule has 0 spiro atoms. The van der Waals surface area contributed by atoms with Crippen molar-refractivity contribution in [1.82, 2.24) is 10.6 Å². The Morgan fingerprint density at radius 2 is 1.52 bits per heavy atom.